The fourth-order valence-electron chi connectivity index (χ4n) is 4.88. The molecule has 0 aliphatic carbocycles. The van der Waals surface area contributed by atoms with Crippen molar-refractivity contribution in [2.24, 2.45) is 0 Å². The smallest absolute Gasteiger partial charge is 0.295 e. The number of pyridine rings is 1. The van der Waals surface area contributed by atoms with Gasteiger partial charge in [0.2, 0.25) is 5.78 Å². The Morgan fingerprint density at radius 1 is 0.925 bits per heavy atom. The number of rotatable bonds is 8. The molecule has 2 heterocycles. The third-order valence-electron chi connectivity index (χ3n) is 7.00. The number of carbonyl (C=O) groups is 2. The number of carbonyl (C=O) groups excluding carboxylic acids is 2. The van der Waals surface area contributed by atoms with Crippen LogP contribution < -0.4 is 19.7 Å². The van der Waals surface area contributed by atoms with Gasteiger partial charge in [0.05, 0.1) is 6.04 Å². The Morgan fingerprint density at radius 3 is 2.27 bits per heavy atom. The quantitative estimate of drug-likeness (QED) is 0.195. The SMILES string of the molecule is Cc1cccc(COc2ccc(C([O-])=C3C(=O)C(=O)N(Cc4cc[nH+]cc4)C3c3ccc(N(C)C)cc3)cc2)c1. The number of ketones is 1. The molecule has 3 aromatic carbocycles. The van der Waals surface area contributed by atoms with Gasteiger partial charge in [-0.15, -0.1) is 0 Å². The highest BCUT2D eigenvalue weighted by Gasteiger charge is 2.44. The van der Waals surface area contributed by atoms with Gasteiger partial charge in [-0.05, 0) is 53.4 Å². The van der Waals surface area contributed by atoms with Crippen LogP contribution in [0.15, 0.2) is 103 Å². The van der Waals surface area contributed by atoms with E-state index >= 15 is 0 Å². The van der Waals surface area contributed by atoms with E-state index in [-0.39, 0.29) is 12.1 Å². The lowest BCUT2D eigenvalue weighted by Crippen LogP contribution is -2.29. The summed E-state index contributed by atoms with van der Waals surface area (Å²) in [6.45, 7) is 2.62. The van der Waals surface area contributed by atoms with Crippen molar-refractivity contribution in [3.8, 4) is 5.75 Å². The molecule has 0 radical (unpaired) electrons. The maximum atomic E-state index is 13.8. The highest BCUT2D eigenvalue weighted by atomic mass is 16.5. The molecule has 202 valence electrons. The van der Waals surface area contributed by atoms with Crippen molar-refractivity contribution in [2.45, 2.75) is 26.1 Å². The number of amides is 1. The van der Waals surface area contributed by atoms with Gasteiger partial charge in [-0.1, -0.05) is 59.9 Å². The van der Waals surface area contributed by atoms with Crippen molar-refractivity contribution < 1.29 is 24.4 Å². The van der Waals surface area contributed by atoms with Gasteiger partial charge in [0.25, 0.3) is 5.91 Å². The number of anilines is 1. The van der Waals surface area contributed by atoms with Crippen LogP contribution >= 0.6 is 0 Å². The third-order valence-corrected chi connectivity index (χ3v) is 7.00. The minimum absolute atomic E-state index is 0.0430. The minimum atomic E-state index is -0.801. The minimum Gasteiger partial charge on any atom is -0.872 e. The molecule has 5 rings (SSSR count). The van der Waals surface area contributed by atoms with Crippen LogP contribution in [0.3, 0.4) is 0 Å². The molecule has 0 saturated carbocycles. The average molecular weight is 534 g/mol. The molecular weight excluding hydrogens is 502 g/mol. The first kappa shape index (κ1) is 26.7. The number of aromatic nitrogens is 1. The summed E-state index contributed by atoms with van der Waals surface area (Å²) in [5.41, 5.74) is 5.00. The first-order valence-corrected chi connectivity index (χ1v) is 13.1. The van der Waals surface area contributed by atoms with E-state index in [4.69, 9.17) is 4.74 Å². The number of hydrogen-bond acceptors (Lipinski definition) is 5. The monoisotopic (exact) mass is 533 g/mol. The van der Waals surface area contributed by atoms with Crippen LogP contribution in [0, 0.1) is 6.92 Å². The molecule has 4 aromatic rings. The highest BCUT2D eigenvalue weighted by Crippen LogP contribution is 2.40. The van der Waals surface area contributed by atoms with Crippen LogP contribution in [-0.2, 0) is 22.7 Å². The van der Waals surface area contributed by atoms with Crippen molar-refractivity contribution >= 4 is 23.1 Å². The van der Waals surface area contributed by atoms with Crippen LogP contribution in [0.25, 0.3) is 5.76 Å². The molecule has 0 spiro atoms. The van der Waals surface area contributed by atoms with E-state index in [9.17, 15) is 14.7 Å². The third kappa shape index (κ3) is 5.59. The van der Waals surface area contributed by atoms with Gasteiger partial charge in [0.15, 0.2) is 12.4 Å². The summed E-state index contributed by atoms with van der Waals surface area (Å²) in [6, 6.07) is 25.2. The van der Waals surface area contributed by atoms with Crippen LogP contribution in [0.4, 0.5) is 5.69 Å². The van der Waals surface area contributed by atoms with E-state index in [0.29, 0.717) is 23.5 Å². The van der Waals surface area contributed by atoms with Crippen molar-refractivity contribution in [3.05, 3.63) is 131 Å². The summed E-state index contributed by atoms with van der Waals surface area (Å²) in [4.78, 5) is 33.0. The zero-order valence-electron chi connectivity index (χ0n) is 22.8. The number of likely N-dealkylation sites (tertiary alicyclic amines) is 1. The number of aryl methyl sites for hydroxylation is 1. The molecule has 7 nitrogen and oxygen atoms in total. The standard InChI is InChI=1S/C33H31N3O4/c1-22-5-4-6-24(19-22)21-40-28-13-9-26(10-14-28)31(37)29-30(25-7-11-27(12-8-25)35(2)3)36(33(39)32(29)38)20-23-15-17-34-18-16-23/h4-19,30,37H,20-21H2,1-3H3. The van der Waals surface area contributed by atoms with Crippen LogP contribution in [0.5, 0.6) is 5.75 Å². The van der Waals surface area contributed by atoms with Gasteiger partial charge < -0.3 is 19.6 Å². The number of hydrogen-bond donors (Lipinski definition) is 0. The zero-order chi connectivity index (χ0) is 28.2. The first-order valence-electron chi connectivity index (χ1n) is 13.1. The maximum Gasteiger partial charge on any atom is 0.295 e. The Kier molecular flexibility index (Phi) is 7.64. The molecular formula is C33H31N3O4. The van der Waals surface area contributed by atoms with Crippen molar-refractivity contribution in [2.75, 3.05) is 19.0 Å². The molecule has 1 saturated heterocycles. The summed E-state index contributed by atoms with van der Waals surface area (Å²) in [5, 5.41) is 13.8. The Morgan fingerprint density at radius 2 is 1.62 bits per heavy atom. The van der Waals surface area contributed by atoms with E-state index in [1.54, 1.807) is 36.7 Å². The van der Waals surface area contributed by atoms with Gasteiger partial charge in [-0.2, -0.15) is 0 Å². The number of benzene rings is 3. The van der Waals surface area contributed by atoms with E-state index in [0.717, 1.165) is 22.4 Å². The normalized spacial score (nSPS) is 16.3. The average Bonchev–Trinajstić information content (AvgIpc) is 3.21. The molecule has 0 bridgehead atoms. The van der Waals surface area contributed by atoms with E-state index in [2.05, 4.69) is 11.1 Å². The van der Waals surface area contributed by atoms with Gasteiger partial charge in [0.1, 0.15) is 12.4 Å². The fourth-order valence-corrected chi connectivity index (χ4v) is 4.88. The molecule has 1 unspecified atom stereocenters. The van der Waals surface area contributed by atoms with Gasteiger partial charge in [-0.25, -0.2) is 4.98 Å². The Balaban J connectivity index is 1.48. The fraction of sp³-hybridized carbons (Fsp3) is 0.182. The van der Waals surface area contributed by atoms with Crippen molar-refractivity contribution in [1.82, 2.24) is 4.90 Å². The van der Waals surface area contributed by atoms with E-state index in [1.165, 1.54) is 4.90 Å². The molecule has 1 amide bonds. The van der Waals surface area contributed by atoms with Crippen LogP contribution in [0.1, 0.15) is 33.9 Å². The second-order valence-electron chi connectivity index (χ2n) is 10.1. The predicted molar refractivity (Wildman–Crippen MR) is 151 cm³/mol. The van der Waals surface area contributed by atoms with E-state index < -0.39 is 23.5 Å². The molecule has 7 heteroatoms. The molecule has 1 N–H and O–H groups in total. The second-order valence-corrected chi connectivity index (χ2v) is 10.1. The summed E-state index contributed by atoms with van der Waals surface area (Å²) < 4.78 is 5.90. The lowest BCUT2D eigenvalue weighted by molar-refractivity contribution is -0.378. The lowest BCUT2D eigenvalue weighted by atomic mass is 9.95. The topological polar surface area (TPSA) is 87.0 Å². The first-order chi connectivity index (χ1) is 19.3. The Bertz CT molecular complexity index is 1550. The highest BCUT2D eigenvalue weighted by molar-refractivity contribution is 6.46. The number of H-pyrrole nitrogens is 1. The van der Waals surface area contributed by atoms with E-state index in [1.807, 2.05) is 80.5 Å². The summed E-state index contributed by atoms with van der Waals surface area (Å²) >= 11 is 0. The van der Waals surface area contributed by atoms with Crippen LogP contribution in [0.2, 0.25) is 0 Å². The number of Topliss-reactive ketones (excluding diaryl/α,β-unsaturated/α-hetero) is 1. The molecule has 1 fully saturated rings. The molecule has 1 aromatic heterocycles. The van der Waals surface area contributed by atoms with Crippen LogP contribution in [-0.4, -0.2) is 30.7 Å². The van der Waals surface area contributed by atoms with Crippen molar-refractivity contribution in [3.63, 3.8) is 0 Å². The van der Waals surface area contributed by atoms with Crippen molar-refractivity contribution in [1.29, 1.82) is 0 Å². The van der Waals surface area contributed by atoms with Gasteiger partial charge >= 0.3 is 0 Å². The molecule has 1 aliphatic heterocycles. The van der Waals surface area contributed by atoms with Gasteiger partial charge in [-0.3, -0.25) is 9.59 Å². The number of ether oxygens (including phenoxy) is 1. The zero-order valence-corrected chi connectivity index (χ0v) is 22.8. The predicted octanol–water partition coefficient (Wildman–Crippen LogP) is 3.88. The maximum absolute atomic E-state index is 13.8. The Labute approximate surface area is 234 Å². The lowest BCUT2D eigenvalue weighted by Gasteiger charge is -2.28. The number of aromatic amines is 1. The second kappa shape index (κ2) is 11.5. The number of nitrogens with zero attached hydrogens (tertiary/aromatic N) is 2. The number of nitrogens with one attached hydrogen (secondary N) is 1. The van der Waals surface area contributed by atoms with Gasteiger partial charge in [0, 0.05) is 44.0 Å². The largest absolute Gasteiger partial charge is 0.872 e. The summed E-state index contributed by atoms with van der Waals surface area (Å²) in [5.74, 6) is -1.31. The molecule has 1 atom stereocenters. The molecule has 1 aliphatic rings. The summed E-state index contributed by atoms with van der Waals surface area (Å²) in [7, 11) is 3.87. The molecule has 40 heavy (non-hydrogen) atoms. The Hall–Kier alpha value is -4.91. The summed E-state index contributed by atoms with van der Waals surface area (Å²) in [6.07, 6.45) is 3.52.